The van der Waals surface area contributed by atoms with E-state index in [-0.39, 0.29) is 12.0 Å². The first-order valence-electron chi connectivity index (χ1n) is 8.74. The van der Waals surface area contributed by atoms with E-state index in [4.69, 9.17) is 19.1 Å². The molecule has 1 aromatic rings. The summed E-state index contributed by atoms with van der Waals surface area (Å²) < 4.78 is 42.8. The first-order chi connectivity index (χ1) is 12.8. The molecule has 27 heavy (non-hydrogen) atoms. The molecule has 0 unspecified atom stereocenters. The number of carboxylic acid groups (broad SMARTS) is 1. The number of carbonyl (C=O) groups is 2. The van der Waals surface area contributed by atoms with Crippen LogP contribution in [0, 0.1) is 5.92 Å². The Bertz CT molecular complexity index is 660. The van der Waals surface area contributed by atoms with Crippen molar-refractivity contribution in [1.82, 2.24) is 9.80 Å². The van der Waals surface area contributed by atoms with Crippen LogP contribution in [-0.2, 0) is 9.53 Å². The molecule has 7 nitrogen and oxygen atoms in total. The van der Waals surface area contributed by atoms with Crippen molar-refractivity contribution in [3.05, 3.63) is 24.2 Å². The molecule has 0 radical (unpaired) electrons. The number of carboxylic acids is 1. The van der Waals surface area contributed by atoms with Crippen molar-refractivity contribution in [2.45, 2.75) is 31.2 Å². The highest BCUT2D eigenvalue weighted by Crippen LogP contribution is 2.33. The van der Waals surface area contributed by atoms with Gasteiger partial charge in [0.25, 0.3) is 5.91 Å². The van der Waals surface area contributed by atoms with Gasteiger partial charge < -0.3 is 19.2 Å². The molecule has 3 fully saturated rings. The molecule has 1 aliphatic carbocycles. The van der Waals surface area contributed by atoms with Gasteiger partial charge in [-0.2, -0.15) is 13.2 Å². The van der Waals surface area contributed by atoms with Gasteiger partial charge in [-0.15, -0.1) is 0 Å². The zero-order valence-electron chi connectivity index (χ0n) is 14.5. The lowest BCUT2D eigenvalue weighted by molar-refractivity contribution is -0.192. The molecule has 1 aromatic heterocycles. The predicted molar refractivity (Wildman–Crippen MR) is 86.1 cm³/mol. The number of alkyl halides is 3. The number of hydrogen-bond acceptors (Lipinski definition) is 5. The minimum Gasteiger partial charge on any atom is -0.475 e. The maximum absolute atomic E-state index is 12.4. The van der Waals surface area contributed by atoms with E-state index < -0.39 is 12.1 Å². The fraction of sp³-hybridized carbons (Fsp3) is 0.647. The van der Waals surface area contributed by atoms with Crippen molar-refractivity contribution in [1.29, 1.82) is 0 Å². The maximum atomic E-state index is 12.4. The van der Waals surface area contributed by atoms with Crippen LogP contribution in [0.1, 0.15) is 23.4 Å². The molecule has 2 saturated heterocycles. The fourth-order valence-corrected chi connectivity index (χ4v) is 3.34. The van der Waals surface area contributed by atoms with Gasteiger partial charge >= 0.3 is 12.1 Å². The van der Waals surface area contributed by atoms with Crippen molar-refractivity contribution in [3.63, 3.8) is 0 Å². The molecule has 1 saturated carbocycles. The summed E-state index contributed by atoms with van der Waals surface area (Å²) in [6.45, 7) is 4.41. The van der Waals surface area contributed by atoms with Crippen molar-refractivity contribution in [3.8, 4) is 0 Å². The summed E-state index contributed by atoms with van der Waals surface area (Å²) in [7, 11) is 0. The average molecular weight is 390 g/mol. The minimum absolute atomic E-state index is 0.0145. The summed E-state index contributed by atoms with van der Waals surface area (Å²) in [5.41, 5.74) is 0. The second kappa shape index (κ2) is 7.89. The molecule has 4 rings (SSSR count). The fourth-order valence-electron chi connectivity index (χ4n) is 3.34. The van der Waals surface area contributed by atoms with Gasteiger partial charge in [0.2, 0.25) is 0 Å². The lowest BCUT2D eigenvalue weighted by Gasteiger charge is -2.36. The van der Waals surface area contributed by atoms with Crippen LogP contribution in [-0.4, -0.2) is 77.9 Å². The molecule has 2 atom stereocenters. The molecular formula is C17H21F3N2O5. The Balaban J connectivity index is 0.000000260. The van der Waals surface area contributed by atoms with Crippen LogP contribution in [0.4, 0.5) is 13.2 Å². The van der Waals surface area contributed by atoms with Crippen LogP contribution in [0.2, 0.25) is 0 Å². The van der Waals surface area contributed by atoms with Gasteiger partial charge in [-0.1, -0.05) is 0 Å². The van der Waals surface area contributed by atoms with E-state index in [1.807, 2.05) is 4.90 Å². The number of carbonyl (C=O) groups excluding carboxylic acids is 1. The van der Waals surface area contributed by atoms with Gasteiger partial charge in [0.1, 0.15) is 0 Å². The van der Waals surface area contributed by atoms with Gasteiger partial charge in [-0.05, 0) is 30.9 Å². The second-order valence-electron chi connectivity index (χ2n) is 6.91. The molecule has 0 spiro atoms. The quantitative estimate of drug-likeness (QED) is 0.848. The topological polar surface area (TPSA) is 83.2 Å². The van der Waals surface area contributed by atoms with E-state index in [0.717, 1.165) is 25.6 Å². The molecule has 10 heteroatoms. The Hall–Kier alpha value is -2.07. The molecule has 3 heterocycles. The van der Waals surface area contributed by atoms with Gasteiger partial charge in [-0.25, -0.2) is 4.79 Å². The number of halogens is 3. The SMILES string of the molecule is O=C(O)C(F)(F)F.O=C(c1ccco1)N1C[C@@H]2OCCN(CC3CC3)[C@@H]2C1. The highest BCUT2D eigenvalue weighted by atomic mass is 19.4. The molecule has 1 amide bonds. The smallest absolute Gasteiger partial charge is 0.475 e. The van der Waals surface area contributed by atoms with Crippen molar-refractivity contribution in [2.24, 2.45) is 5.92 Å². The maximum Gasteiger partial charge on any atom is 0.490 e. The van der Waals surface area contributed by atoms with Gasteiger partial charge in [0.05, 0.1) is 25.0 Å². The largest absolute Gasteiger partial charge is 0.490 e. The van der Waals surface area contributed by atoms with Crippen LogP contribution in [0.5, 0.6) is 0 Å². The zero-order valence-corrected chi connectivity index (χ0v) is 14.5. The summed E-state index contributed by atoms with van der Waals surface area (Å²) in [5.74, 6) is -1.46. The second-order valence-corrected chi connectivity index (χ2v) is 6.91. The molecule has 150 valence electrons. The van der Waals surface area contributed by atoms with E-state index in [9.17, 15) is 18.0 Å². The lowest BCUT2D eigenvalue weighted by Crippen LogP contribution is -2.51. The average Bonchev–Trinajstić information content (AvgIpc) is 3.11. The minimum atomic E-state index is -5.08. The zero-order chi connectivity index (χ0) is 19.6. The molecule has 0 bridgehead atoms. The summed E-state index contributed by atoms with van der Waals surface area (Å²) in [6, 6.07) is 3.85. The van der Waals surface area contributed by atoms with Crippen molar-refractivity contribution < 1.29 is 37.0 Å². The molecule has 0 aromatic carbocycles. The van der Waals surface area contributed by atoms with Crippen LogP contribution >= 0.6 is 0 Å². The monoisotopic (exact) mass is 390 g/mol. The van der Waals surface area contributed by atoms with Gasteiger partial charge in [0, 0.05) is 26.2 Å². The first kappa shape index (κ1) is 19.7. The Labute approximate surface area is 153 Å². The Morgan fingerprint density at radius 1 is 1.26 bits per heavy atom. The summed E-state index contributed by atoms with van der Waals surface area (Å²) in [4.78, 5) is 25.6. The predicted octanol–water partition coefficient (Wildman–Crippen LogP) is 1.85. The number of ether oxygens (including phenoxy) is 1. The van der Waals surface area contributed by atoms with Crippen molar-refractivity contribution in [2.75, 3.05) is 32.8 Å². The van der Waals surface area contributed by atoms with Crippen LogP contribution in [0.25, 0.3) is 0 Å². The van der Waals surface area contributed by atoms with Crippen molar-refractivity contribution >= 4 is 11.9 Å². The molecular weight excluding hydrogens is 369 g/mol. The summed E-state index contributed by atoms with van der Waals surface area (Å²) >= 11 is 0. The third-order valence-corrected chi connectivity index (χ3v) is 4.87. The van der Waals surface area contributed by atoms with Gasteiger partial charge in [-0.3, -0.25) is 9.69 Å². The van der Waals surface area contributed by atoms with Crippen LogP contribution in [0.15, 0.2) is 22.8 Å². The number of aliphatic carboxylic acids is 1. The number of rotatable bonds is 3. The number of amides is 1. The molecule has 3 aliphatic rings. The van der Waals surface area contributed by atoms with E-state index >= 15 is 0 Å². The highest BCUT2D eigenvalue weighted by molar-refractivity contribution is 5.91. The third kappa shape index (κ3) is 5.01. The van der Waals surface area contributed by atoms with E-state index in [1.165, 1.54) is 19.4 Å². The van der Waals surface area contributed by atoms with Gasteiger partial charge in [0.15, 0.2) is 5.76 Å². The van der Waals surface area contributed by atoms with E-state index in [2.05, 4.69) is 4.90 Å². The highest BCUT2D eigenvalue weighted by Gasteiger charge is 2.43. The lowest BCUT2D eigenvalue weighted by atomic mass is 10.1. The standard InChI is InChI=1S/C15H20N2O3.C2HF3O2/c18-15(13-2-1-6-19-13)17-9-12-14(10-17)20-7-5-16(12)8-11-3-4-11;3-2(4,5)1(6)7/h1-2,6,11-12,14H,3-5,7-10H2;(H,6,7)/t12-,14+;/m1./s1. The summed E-state index contributed by atoms with van der Waals surface area (Å²) in [5, 5.41) is 7.12. The Morgan fingerprint density at radius 3 is 2.52 bits per heavy atom. The number of likely N-dealkylation sites (tertiary alicyclic amines) is 1. The number of fused-ring (bicyclic) bond motifs is 1. The number of nitrogens with zero attached hydrogens (tertiary/aromatic N) is 2. The molecule has 1 N–H and O–H groups in total. The Kier molecular flexibility index (Phi) is 5.75. The van der Waals surface area contributed by atoms with E-state index in [1.54, 1.807) is 18.4 Å². The number of hydrogen-bond donors (Lipinski definition) is 1. The van der Waals surface area contributed by atoms with Crippen LogP contribution in [0.3, 0.4) is 0 Å². The Morgan fingerprint density at radius 2 is 1.96 bits per heavy atom. The normalized spacial score (nSPS) is 25.5. The van der Waals surface area contributed by atoms with Crippen LogP contribution < -0.4 is 0 Å². The molecule has 2 aliphatic heterocycles. The summed E-state index contributed by atoms with van der Waals surface area (Å²) in [6.07, 6.45) is -0.638. The third-order valence-electron chi connectivity index (χ3n) is 4.87. The number of furan rings is 1. The van der Waals surface area contributed by atoms with E-state index in [0.29, 0.717) is 18.3 Å². The number of morpholine rings is 1. The first-order valence-corrected chi connectivity index (χ1v) is 8.74.